The molecule has 1 atom stereocenters. The molecule has 43 heavy (non-hydrogen) atoms. The number of amidine groups is 1. The van der Waals surface area contributed by atoms with Crippen molar-refractivity contribution in [2.24, 2.45) is 11.1 Å². The van der Waals surface area contributed by atoms with Gasteiger partial charge < -0.3 is 21.1 Å². The highest BCUT2D eigenvalue weighted by molar-refractivity contribution is 6.11. The van der Waals surface area contributed by atoms with Crippen LogP contribution in [-0.2, 0) is 11.3 Å². The molecule has 0 saturated carbocycles. The molecule has 0 saturated heterocycles. The molecule has 8 nitrogen and oxygen atoms in total. The zero-order valence-electron chi connectivity index (χ0n) is 24.7. The second kappa shape index (κ2) is 13.2. The van der Waals surface area contributed by atoms with E-state index in [1.54, 1.807) is 60.7 Å². The first-order valence-corrected chi connectivity index (χ1v) is 13.9. The Bertz CT molecular complexity index is 1640. The molecule has 0 spiro atoms. The Morgan fingerprint density at radius 1 is 0.791 bits per heavy atom. The van der Waals surface area contributed by atoms with E-state index >= 15 is 0 Å². The molecule has 0 aromatic heterocycles. The molecule has 5 N–H and O–H groups in total. The van der Waals surface area contributed by atoms with Gasteiger partial charge in [-0.15, -0.1) is 0 Å². The van der Waals surface area contributed by atoms with Crippen molar-refractivity contribution in [3.63, 3.8) is 0 Å². The van der Waals surface area contributed by atoms with Crippen LogP contribution in [0.15, 0.2) is 97.1 Å². The van der Waals surface area contributed by atoms with E-state index in [4.69, 9.17) is 15.9 Å². The van der Waals surface area contributed by atoms with Crippen LogP contribution >= 0.6 is 0 Å². The molecule has 0 radical (unpaired) electrons. The summed E-state index contributed by atoms with van der Waals surface area (Å²) in [5.74, 6) is -1.39. The maximum atomic E-state index is 13.5. The molecule has 4 aromatic carbocycles. The van der Waals surface area contributed by atoms with Gasteiger partial charge >= 0.3 is 5.97 Å². The normalized spacial score (nSPS) is 11.7. The fraction of sp³-hybridized carbons (Fsp3) is 0.200. The van der Waals surface area contributed by atoms with Crippen LogP contribution in [0, 0.1) is 10.8 Å². The lowest BCUT2D eigenvalue weighted by Crippen LogP contribution is -2.41. The molecule has 4 aromatic rings. The summed E-state index contributed by atoms with van der Waals surface area (Å²) in [5, 5.41) is 13.4. The SMILES string of the molecule is C[C@H](NC(=O)c1ccc(-c2ccccc2C(=O)Nc2ccc(C(=N)N)cc2)c(C(=O)OCc2ccccc2)c1)C(C)(C)C. The number of nitrogens with one attached hydrogen (secondary N) is 3. The number of benzene rings is 4. The van der Waals surface area contributed by atoms with Gasteiger partial charge in [0.2, 0.25) is 0 Å². The predicted octanol–water partition coefficient (Wildman–Crippen LogP) is 6.41. The third-order valence-electron chi connectivity index (χ3n) is 7.28. The van der Waals surface area contributed by atoms with E-state index in [-0.39, 0.29) is 35.4 Å². The minimum atomic E-state index is -0.618. The van der Waals surface area contributed by atoms with Crippen LogP contribution in [0.4, 0.5) is 5.69 Å². The number of esters is 1. The maximum absolute atomic E-state index is 13.5. The van der Waals surface area contributed by atoms with Crippen LogP contribution in [0.25, 0.3) is 11.1 Å². The average molecular weight is 577 g/mol. The Morgan fingerprint density at radius 2 is 1.40 bits per heavy atom. The van der Waals surface area contributed by atoms with Gasteiger partial charge in [-0.05, 0) is 71.5 Å². The molecule has 4 rings (SSSR count). The van der Waals surface area contributed by atoms with Crippen molar-refractivity contribution in [2.75, 3.05) is 5.32 Å². The fourth-order valence-electron chi connectivity index (χ4n) is 4.23. The number of amides is 2. The lowest BCUT2D eigenvalue weighted by atomic mass is 9.87. The first-order valence-electron chi connectivity index (χ1n) is 13.9. The summed E-state index contributed by atoms with van der Waals surface area (Å²) in [5.41, 5.74) is 9.01. The number of carbonyl (C=O) groups excluding carboxylic acids is 3. The van der Waals surface area contributed by atoms with Crippen molar-refractivity contribution < 1.29 is 19.1 Å². The van der Waals surface area contributed by atoms with Gasteiger partial charge in [0.1, 0.15) is 12.4 Å². The van der Waals surface area contributed by atoms with Gasteiger partial charge in [-0.2, -0.15) is 0 Å². The van der Waals surface area contributed by atoms with E-state index in [1.165, 1.54) is 6.07 Å². The topological polar surface area (TPSA) is 134 Å². The highest BCUT2D eigenvalue weighted by Gasteiger charge is 2.25. The minimum Gasteiger partial charge on any atom is -0.457 e. The summed E-state index contributed by atoms with van der Waals surface area (Å²) in [6, 6.07) is 27.6. The van der Waals surface area contributed by atoms with Gasteiger partial charge in [0.15, 0.2) is 0 Å². The molecule has 220 valence electrons. The van der Waals surface area contributed by atoms with Crippen molar-refractivity contribution in [3.8, 4) is 11.1 Å². The Hall–Kier alpha value is -5.24. The standard InChI is InChI=1S/C35H36N4O4/c1-22(35(2,3)4)38-32(40)25-16-19-28(30(20-25)34(42)43-21-23-10-6-5-7-11-23)27-12-8-9-13-29(27)33(41)39-26-17-14-24(15-18-26)31(36)37/h5-20,22H,21H2,1-4H3,(H3,36,37)(H,38,40)(H,39,41)/t22-/m0/s1. The molecule has 0 bridgehead atoms. The Morgan fingerprint density at radius 3 is 2.05 bits per heavy atom. The quantitative estimate of drug-likeness (QED) is 0.104. The molecule has 0 aliphatic carbocycles. The summed E-state index contributed by atoms with van der Waals surface area (Å²) in [6.45, 7) is 8.09. The van der Waals surface area contributed by atoms with E-state index in [0.717, 1.165) is 5.56 Å². The zero-order valence-corrected chi connectivity index (χ0v) is 24.7. The van der Waals surface area contributed by atoms with E-state index in [1.807, 2.05) is 58.0 Å². The molecule has 0 unspecified atom stereocenters. The van der Waals surface area contributed by atoms with Crippen LogP contribution in [-0.4, -0.2) is 29.7 Å². The van der Waals surface area contributed by atoms with Gasteiger partial charge in [0.05, 0.1) is 5.56 Å². The van der Waals surface area contributed by atoms with Gasteiger partial charge in [-0.3, -0.25) is 15.0 Å². The Balaban J connectivity index is 1.70. The monoisotopic (exact) mass is 576 g/mol. The minimum absolute atomic E-state index is 0.0506. The number of rotatable bonds is 9. The average Bonchev–Trinajstić information content (AvgIpc) is 2.99. The summed E-state index contributed by atoms with van der Waals surface area (Å²) < 4.78 is 5.67. The van der Waals surface area contributed by atoms with Gasteiger partial charge in [0, 0.05) is 28.4 Å². The van der Waals surface area contributed by atoms with E-state index in [0.29, 0.717) is 33.5 Å². The smallest absolute Gasteiger partial charge is 0.339 e. The predicted molar refractivity (Wildman–Crippen MR) is 169 cm³/mol. The second-order valence-corrected chi connectivity index (χ2v) is 11.4. The first-order chi connectivity index (χ1) is 20.4. The molecule has 2 amide bonds. The Kier molecular flexibility index (Phi) is 9.40. The van der Waals surface area contributed by atoms with E-state index < -0.39 is 11.9 Å². The van der Waals surface area contributed by atoms with Crippen molar-refractivity contribution >= 4 is 29.3 Å². The van der Waals surface area contributed by atoms with Crippen LogP contribution in [0.5, 0.6) is 0 Å². The fourth-order valence-corrected chi connectivity index (χ4v) is 4.23. The lowest BCUT2D eigenvalue weighted by molar-refractivity contribution is 0.0473. The van der Waals surface area contributed by atoms with Crippen LogP contribution in [0.2, 0.25) is 0 Å². The summed E-state index contributed by atoms with van der Waals surface area (Å²) in [4.78, 5) is 40.2. The third kappa shape index (κ3) is 7.74. The molecular weight excluding hydrogens is 540 g/mol. The number of nitrogens with two attached hydrogens (primary N) is 1. The van der Waals surface area contributed by atoms with Crippen molar-refractivity contribution in [1.82, 2.24) is 5.32 Å². The summed E-state index contributed by atoms with van der Waals surface area (Å²) >= 11 is 0. The number of carbonyl (C=O) groups is 3. The maximum Gasteiger partial charge on any atom is 0.339 e. The molecule has 0 fully saturated rings. The number of ether oxygens (including phenoxy) is 1. The number of nitrogen functional groups attached to an aromatic ring is 1. The van der Waals surface area contributed by atoms with E-state index in [2.05, 4.69) is 10.6 Å². The lowest BCUT2D eigenvalue weighted by Gasteiger charge is -2.28. The second-order valence-electron chi connectivity index (χ2n) is 11.4. The van der Waals surface area contributed by atoms with Gasteiger partial charge in [0.25, 0.3) is 11.8 Å². The summed E-state index contributed by atoms with van der Waals surface area (Å²) in [6.07, 6.45) is 0. The van der Waals surface area contributed by atoms with Crippen molar-refractivity contribution in [1.29, 1.82) is 5.41 Å². The van der Waals surface area contributed by atoms with Crippen LogP contribution < -0.4 is 16.4 Å². The van der Waals surface area contributed by atoms with Crippen molar-refractivity contribution in [3.05, 3.63) is 125 Å². The van der Waals surface area contributed by atoms with E-state index in [9.17, 15) is 14.4 Å². The molecule has 0 aliphatic rings. The molecular formula is C35H36N4O4. The number of hydrogen-bond donors (Lipinski definition) is 4. The van der Waals surface area contributed by atoms with Crippen LogP contribution in [0.3, 0.4) is 0 Å². The highest BCUT2D eigenvalue weighted by atomic mass is 16.5. The highest BCUT2D eigenvalue weighted by Crippen LogP contribution is 2.30. The summed E-state index contributed by atoms with van der Waals surface area (Å²) in [7, 11) is 0. The number of hydrogen-bond acceptors (Lipinski definition) is 5. The largest absolute Gasteiger partial charge is 0.457 e. The zero-order chi connectivity index (χ0) is 31.1. The molecule has 0 aliphatic heterocycles. The molecule has 0 heterocycles. The van der Waals surface area contributed by atoms with Gasteiger partial charge in [-0.25, -0.2) is 4.79 Å². The molecule has 8 heteroatoms. The third-order valence-corrected chi connectivity index (χ3v) is 7.28. The van der Waals surface area contributed by atoms with Crippen LogP contribution in [0.1, 0.15) is 69.9 Å². The number of anilines is 1. The Labute approximate surface area is 251 Å². The van der Waals surface area contributed by atoms with Crippen molar-refractivity contribution in [2.45, 2.75) is 40.3 Å². The van der Waals surface area contributed by atoms with Gasteiger partial charge in [-0.1, -0.05) is 75.4 Å². The first kappa shape index (κ1) is 30.7.